The summed E-state index contributed by atoms with van der Waals surface area (Å²) < 4.78 is 5.36. The third kappa shape index (κ3) is 3.98. The highest BCUT2D eigenvalue weighted by Gasteiger charge is 2.22. The second-order valence-corrected chi connectivity index (χ2v) is 7.29. The number of nitrogens with one attached hydrogen (secondary N) is 1. The van der Waals surface area contributed by atoms with E-state index in [4.69, 9.17) is 14.7 Å². The van der Waals surface area contributed by atoms with Crippen molar-refractivity contribution in [3.63, 3.8) is 0 Å². The molecule has 6 nitrogen and oxygen atoms in total. The topological polar surface area (TPSA) is 72.8 Å². The normalized spacial score (nSPS) is 13.1. The molecule has 1 aliphatic carbocycles. The van der Waals surface area contributed by atoms with Crippen molar-refractivity contribution < 1.29 is 4.74 Å². The van der Waals surface area contributed by atoms with Crippen molar-refractivity contribution in [2.24, 2.45) is 0 Å². The summed E-state index contributed by atoms with van der Waals surface area (Å²) in [5.41, 5.74) is 4.52. The minimum absolute atomic E-state index is 0.491. The molecule has 0 spiro atoms. The molecular formula is C24H21N5O. The first kappa shape index (κ1) is 18.2. The Bertz CT molecular complexity index is 1180. The molecule has 0 saturated heterocycles. The van der Waals surface area contributed by atoms with E-state index in [2.05, 4.69) is 21.4 Å². The molecule has 1 aliphatic rings. The van der Waals surface area contributed by atoms with Crippen LogP contribution in [0.3, 0.4) is 0 Å². The molecule has 4 aromatic rings. The zero-order chi connectivity index (χ0) is 20.3. The highest BCUT2D eigenvalue weighted by atomic mass is 16.5. The molecule has 30 heavy (non-hydrogen) atoms. The molecule has 0 unspecified atom stereocenters. The van der Waals surface area contributed by atoms with E-state index in [0.717, 1.165) is 39.6 Å². The average molecular weight is 395 g/mol. The van der Waals surface area contributed by atoms with Gasteiger partial charge in [-0.15, -0.1) is 0 Å². The summed E-state index contributed by atoms with van der Waals surface area (Å²) in [6.45, 7) is 0. The molecule has 0 atom stereocenters. The quantitative estimate of drug-likeness (QED) is 0.503. The van der Waals surface area contributed by atoms with Crippen LogP contribution >= 0.6 is 0 Å². The number of anilines is 1. The lowest BCUT2D eigenvalue weighted by atomic mass is 10.0. The van der Waals surface area contributed by atoms with Crippen LogP contribution < -0.4 is 10.1 Å². The van der Waals surface area contributed by atoms with Gasteiger partial charge in [0.25, 0.3) is 0 Å². The number of rotatable bonds is 6. The summed E-state index contributed by atoms with van der Waals surface area (Å²) in [5.74, 6) is 2.23. The minimum Gasteiger partial charge on any atom is -0.497 e. The molecule has 148 valence electrons. The Morgan fingerprint density at radius 3 is 2.57 bits per heavy atom. The first-order chi connectivity index (χ1) is 14.8. The van der Waals surface area contributed by atoms with Gasteiger partial charge in [0, 0.05) is 41.8 Å². The summed E-state index contributed by atoms with van der Waals surface area (Å²) >= 11 is 0. The Morgan fingerprint density at radius 1 is 0.867 bits per heavy atom. The molecule has 3 aromatic heterocycles. The number of ether oxygens (including phenoxy) is 1. The molecule has 1 N–H and O–H groups in total. The summed E-state index contributed by atoms with van der Waals surface area (Å²) in [7, 11) is 1.67. The maximum absolute atomic E-state index is 5.36. The Balaban J connectivity index is 1.57. The van der Waals surface area contributed by atoms with Crippen LogP contribution in [0.1, 0.15) is 12.8 Å². The minimum atomic E-state index is 0.491. The number of pyridine rings is 2. The van der Waals surface area contributed by atoms with Crippen LogP contribution in [0.15, 0.2) is 73.2 Å². The number of aromatic nitrogens is 4. The first-order valence-corrected chi connectivity index (χ1v) is 9.95. The van der Waals surface area contributed by atoms with Crippen molar-refractivity contribution >= 4 is 5.82 Å². The van der Waals surface area contributed by atoms with Crippen molar-refractivity contribution in [3.8, 4) is 39.7 Å². The van der Waals surface area contributed by atoms with Gasteiger partial charge in [-0.3, -0.25) is 9.97 Å². The highest BCUT2D eigenvalue weighted by Crippen LogP contribution is 2.30. The summed E-state index contributed by atoms with van der Waals surface area (Å²) in [6, 6.07) is 18.3. The van der Waals surface area contributed by atoms with Crippen LogP contribution in [0.2, 0.25) is 0 Å². The molecule has 5 rings (SSSR count). The van der Waals surface area contributed by atoms with Crippen LogP contribution in [-0.2, 0) is 0 Å². The molecule has 6 heteroatoms. The van der Waals surface area contributed by atoms with Gasteiger partial charge >= 0.3 is 0 Å². The first-order valence-electron chi connectivity index (χ1n) is 9.95. The lowest BCUT2D eigenvalue weighted by Gasteiger charge is -2.11. The number of nitrogens with zero attached hydrogens (tertiary/aromatic N) is 4. The molecule has 1 fully saturated rings. The van der Waals surface area contributed by atoms with Crippen molar-refractivity contribution in [3.05, 3.63) is 73.2 Å². The maximum atomic E-state index is 5.36. The van der Waals surface area contributed by atoms with Crippen LogP contribution in [0.25, 0.3) is 33.9 Å². The van der Waals surface area contributed by atoms with E-state index in [1.165, 1.54) is 12.8 Å². The predicted molar refractivity (Wildman–Crippen MR) is 117 cm³/mol. The molecule has 0 bridgehead atoms. The fraction of sp³-hybridized carbons (Fsp3) is 0.167. The maximum Gasteiger partial charge on any atom is 0.180 e. The SMILES string of the molecule is COc1cccc(-c2cncc(-c3cc(NC4CC4)nc(-c4ccccn4)n3)c2)c1. The number of hydrogen-bond acceptors (Lipinski definition) is 6. The van der Waals surface area contributed by atoms with Gasteiger partial charge in [0.05, 0.1) is 12.8 Å². The molecule has 1 aromatic carbocycles. The van der Waals surface area contributed by atoms with Gasteiger partial charge in [-0.05, 0) is 48.7 Å². The van der Waals surface area contributed by atoms with E-state index >= 15 is 0 Å². The van der Waals surface area contributed by atoms with E-state index in [0.29, 0.717) is 11.9 Å². The summed E-state index contributed by atoms with van der Waals surface area (Å²) in [5, 5.41) is 3.48. The zero-order valence-corrected chi connectivity index (χ0v) is 16.6. The van der Waals surface area contributed by atoms with E-state index in [9.17, 15) is 0 Å². The van der Waals surface area contributed by atoms with E-state index in [-0.39, 0.29) is 0 Å². The number of hydrogen-bond donors (Lipinski definition) is 1. The van der Waals surface area contributed by atoms with Crippen LogP contribution in [0.4, 0.5) is 5.82 Å². The second-order valence-electron chi connectivity index (χ2n) is 7.29. The van der Waals surface area contributed by atoms with Crippen molar-refractivity contribution in [2.75, 3.05) is 12.4 Å². The fourth-order valence-corrected chi connectivity index (χ4v) is 3.26. The molecular weight excluding hydrogens is 374 g/mol. The van der Waals surface area contributed by atoms with Gasteiger partial charge in [-0.25, -0.2) is 9.97 Å². The molecule has 0 radical (unpaired) electrons. The fourth-order valence-electron chi connectivity index (χ4n) is 3.26. The predicted octanol–water partition coefficient (Wildman–Crippen LogP) is 4.85. The monoisotopic (exact) mass is 395 g/mol. The lowest BCUT2D eigenvalue weighted by Crippen LogP contribution is -2.05. The van der Waals surface area contributed by atoms with Crippen LogP contribution in [0, 0.1) is 0 Å². The Kier molecular flexibility index (Phi) is 4.81. The standard InChI is InChI=1S/C24H21N5O/c1-30-20-6-4-5-16(12-20)17-11-18(15-25-14-17)22-13-23(27-19-8-9-19)29-24(28-22)21-7-2-3-10-26-21/h2-7,10-15,19H,8-9H2,1H3,(H,27,28,29). The van der Waals surface area contributed by atoms with Crippen LogP contribution in [-0.4, -0.2) is 33.1 Å². The van der Waals surface area contributed by atoms with Crippen molar-refractivity contribution in [1.82, 2.24) is 19.9 Å². The largest absolute Gasteiger partial charge is 0.497 e. The summed E-state index contributed by atoms with van der Waals surface area (Å²) in [6.07, 6.45) is 7.78. The van der Waals surface area contributed by atoms with Crippen molar-refractivity contribution in [1.29, 1.82) is 0 Å². The second kappa shape index (κ2) is 7.91. The Hall–Kier alpha value is -3.80. The number of benzene rings is 1. The third-order valence-electron chi connectivity index (χ3n) is 4.99. The molecule has 0 aliphatic heterocycles. The molecule has 3 heterocycles. The Morgan fingerprint density at radius 2 is 1.77 bits per heavy atom. The third-order valence-corrected chi connectivity index (χ3v) is 4.99. The zero-order valence-electron chi connectivity index (χ0n) is 16.6. The van der Waals surface area contributed by atoms with Gasteiger partial charge in [0.15, 0.2) is 5.82 Å². The number of methoxy groups -OCH3 is 1. The van der Waals surface area contributed by atoms with E-state index < -0.39 is 0 Å². The van der Waals surface area contributed by atoms with Gasteiger partial charge in [0.2, 0.25) is 0 Å². The van der Waals surface area contributed by atoms with Gasteiger partial charge < -0.3 is 10.1 Å². The lowest BCUT2D eigenvalue weighted by molar-refractivity contribution is 0.415. The van der Waals surface area contributed by atoms with Crippen LogP contribution in [0.5, 0.6) is 5.75 Å². The molecule has 1 saturated carbocycles. The average Bonchev–Trinajstić information content (AvgIpc) is 3.63. The van der Waals surface area contributed by atoms with Gasteiger partial charge in [0.1, 0.15) is 17.3 Å². The smallest absolute Gasteiger partial charge is 0.180 e. The summed E-state index contributed by atoms with van der Waals surface area (Å²) in [4.78, 5) is 18.4. The van der Waals surface area contributed by atoms with Crippen molar-refractivity contribution in [2.45, 2.75) is 18.9 Å². The van der Waals surface area contributed by atoms with E-state index in [1.807, 2.05) is 60.9 Å². The highest BCUT2D eigenvalue weighted by molar-refractivity contribution is 5.73. The van der Waals surface area contributed by atoms with E-state index in [1.54, 1.807) is 13.3 Å². The van der Waals surface area contributed by atoms with Gasteiger partial charge in [-0.1, -0.05) is 18.2 Å². The molecule has 0 amide bonds. The Labute approximate surface area is 175 Å². The van der Waals surface area contributed by atoms with Gasteiger partial charge in [-0.2, -0.15) is 0 Å².